The lowest BCUT2D eigenvalue weighted by Crippen LogP contribution is -2.38. The van der Waals surface area contributed by atoms with Crippen molar-refractivity contribution in [1.82, 2.24) is 19.3 Å². The molecule has 29 heavy (non-hydrogen) atoms. The predicted molar refractivity (Wildman–Crippen MR) is 110 cm³/mol. The number of amides is 1. The molecule has 1 aromatic carbocycles. The van der Waals surface area contributed by atoms with E-state index in [9.17, 15) is 4.79 Å². The van der Waals surface area contributed by atoms with Gasteiger partial charge in [-0.2, -0.15) is 0 Å². The summed E-state index contributed by atoms with van der Waals surface area (Å²) in [4.78, 5) is 22.9. The number of hydrogen-bond donors (Lipinski definition) is 2. The number of benzene rings is 1. The summed E-state index contributed by atoms with van der Waals surface area (Å²) in [6.45, 7) is 1.32. The SMILES string of the molecule is COC(=O)N1CCC(c2nc(C3Cc4ccccc4N3)c3c(N)nccn23)CC1. The number of piperidine rings is 1. The van der Waals surface area contributed by atoms with Gasteiger partial charge in [0.15, 0.2) is 0 Å². The third kappa shape index (κ3) is 2.95. The molecule has 5 rings (SSSR count). The first-order valence-electron chi connectivity index (χ1n) is 9.95. The number of anilines is 2. The van der Waals surface area contributed by atoms with E-state index in [1.54, 1.807) is 11.1 Å². The summed E-state index contributed by atoms with van der Waals surface area (Å²) in [5.74, 6) is 1.74. The van der Waals surface area contributed by atoms with Crippen LogP contribution in [-0.2, 0) is 11.2 Å². The monoisotopic (exact) mass is 392 g/mol. The van der Waals surface area contributed by atoms with Crippen LogP contribution in [0.5, 0.6) is 0 Å². The van der Waals surface area contributed by atoms with E-state index in [-0.39, 0.29) is 18.1 Å². The number of para-hydroxylation sites is 1. The zero-order valence-electron chi connectivity index (χ0n) is 16.3. The van der Waals surface area contributed by atoms with Crippen LogP contribution in [0.4, 0.5) is 16.3 Å². The maximum absolute atomic E-state index is 11.8. The Balaban J connectivity index is 1.49. The number of nitrogens with two attached hydrogens (primary N) is 1. The second-order valence-corrected chi connectivity index (χ2v) is 7.68. The zero-order valence-corrected chi connectivity index (χ0v) is 16.3. The minimum Gasteiger partial charge on any atom is -0.453 e. The maximum Gasteiger partial charge on any atom is 0.409 e. The Bertz CT molecular complexity index is 1050. The van der Waals surface area contributed by atoms with Gasteiger partial charge in [-0.15, -0.1) is 0 Å². The molecule has 0 aliphatic carbocycles. The Morgan fingerprint density at radius 2 is 2.07 bits per heavy atom. The highest BCUT2D eigenvalue weighted by atomic mass is 16.5. The van der Waals surface area contributed by atoms with Gasteiger partial charge < -0.3 is 20.7 Å². The van der Waals surface area contributed by atoms with Gasteiger partial charge in [-0.25, -0.2) is 14.8 Å². The van der Waals surface area contributed by atoms with Crippen LogP contribution in [0.3, 0.4) is 0 Å². The highest BCUT2D eigenvalue weighted by Crippen LogP contribution is 2.38. The second-order valence-electron chi connectivity index (χ2n) is 7.68. The predicted octanol–water partition coefficient (Wildman–Crippen LogP) is 2.97. The molecule has 1 fully saturated rings. The molecule has 0 saturated carbocycles. The molecule has 1 atom stereocenters. The van der Waals surface area contributed by atoms with Crippen LogP contribution in [0.15, 0.2) is 36.7 Å². The van der Waals surface area contributed by atoms with Crippen LogP contribution in [-0.4, -0.2) is 45.6 Å². The Morgan fingerprint density at radius 3 is 2.83 bits per heavy atom. The van der Waals surface area contributed by atoms with Gasteiger partial charge in [-0.05, 0) is 24.5 Å². The summed E-state index contributed by atoms with van der Waals surface area (Å²) in [5.41, 5.74) is 10.5. The fourth-order valence-corrected chi connectivity index (χ4v) is 4.56. The fourth-order valence-electron chi connectivity index (χ4n) is 4.56. The quantitative estimate of drug-likeness (QED) is 0.696. The van der Waals surface area contributed by atoms with E-state index in [1.165, 1.54) is 12.7 Å². The normalized spacial score (nSPS) is 19.2. The van der Waals surface area contributed by atoms with Gasteiger partial charge in [0.1, 0.15) is 17.2 Å². The molecule has 1 unspecified atom stereocenters. The van der Waals surface area contributed by atoms with Crippen molar-refractivity contribution in [1.29, 1.82) is 0 Å². The number of rotatable bonds is 2. The van der Waals surface area contributed by atoms with E-state index in [1.807, 2.05) is 12.3 Å². The number of methoxy groups -OCH3 is 1. The Labute approximate surface area is 168 Å². The van der Waals surface area contributed by atoms with E-state index in [2.05, 4.69) is 32.9 Å². The van der Waals surface area contributed by atoms with Gasteiger partial charge in [-0.1, -0.05) is 18.2 Å². The number of aromatic nitrogens is 3. The molecule has 2 aromatic heterocycles. The maximum atomic E-state index is 11.8. The van der Waals surface area contributed by atoms with Crippen molar-refractivity contribution in [2.24, 2.45) is 0 Å². The van der Waals surface area contributed by atoms with Crippen molar-refractivity contribution in [3.05, 3.63) is 53.7 Å². The van der Waals surface area contributed by atoms with Gasteiger partial charge in [0.25, 0.3) is 0 Å². The molecule has 0 bridgehead atoms. The highest BCUT2D eigenvalue weighted by molar-refractivity contribution is 5.72. The van der Waals surface area contributed by atoms with Gasteiger partial charge in [-0.3, -0.25) is 4.40 Å². The smallest absolute Gasteiger partial charge is 0.409 e. The Hall–Kier alpha value is -3.29. The van der Waals surface area contributed by atoms with Crippen molar-refractivity contribution in [2.45, 2.75) is 31.2 Å². The number of carbonyl (C=O) groups is 1. The van der Waals surface area contributed by atoms with Crippen molar-refractivity contribution in [3.8, 4) is 0 Å². The average molecular weight is 392 g/mol. The summed E-state index contributed by atoms with van der Waals surface area (Å²) in [7, 11) is 1.42. The van der Waals surface area contributed by atoms with Crippen LogP contribution < -0.4 is 11.1 Å². The number of nitrogens with zero attached hydrogens (tertiary/aromatic N) is 4. The van der Waals surface area contributed by atoms with E-state index in [0.29, 0.717) is 18.9 Å². The van der Waals surface area contributed by atoms with Crippen LogP contribution >= 0.6 is 0 Å². The first-order chi connectivity index (χ1) is 14.2. The molecule has 150 valence electrons. The fraction of sp³-hybridized carbons (Fsp3) is 0.381. The minimum atomic E-state index is -0.265. The van der Waals surface area contributed by atoms with Crippen molar-refractivity contribution >= 4 is 23.1 Å². The summed E-state index contributed by atoms with van der Waals surface area (Å²) in [6.07, 6.45) is 5.95. The summed E-state index contributed by atoms with van der Waals surface area (Å²) < 4.78 is 6.94. The third-order valence-electron chi connectivity index (χ3n) is 6.03. The second kappa shape index (κ2) is 6.95. The first-order valence-corrected chi connectivity index (χ1v) is 9.95. The molecule has 3 N–H and O–H groups in total. The lowest BCUT2D eigenvalue weighted by Gasteiger charge is -2.30. The largest absolute Gasteiger partial charge is 0.453 e. The number of likely N-dealkylation sites (tertiary alicyclic amines) is 1. The van der Waals surface area contributed by atoms with Gasteiger partial charge in [0.2, 0.25) is 0 Å². The molecular formula is C21H24N6O2. The first kappa shape index (κ1) is 17.8. The lowest BCUT2D eigenvalue weighted by molar-refractivity contribution is 0.111. The topological polar surface area (TPSA) is 97.8 Å². The minimum absolute atomic E-state index is 0.0674. The van der Waals surface area contributed by atoms with E-state index in [0.717, 1.165) is 42.0 Å². The summed E-state index contributed by atoms with van der Waals surface area (Å²) in [5, 5.41) is 3.59. The number of ether oxygens (including phenoxy) is 1. The van der Waals surface area contributed by atoms with Crippen molar-refractivity contribution in [2.75, 3.05) is 31.2 Å². The molecule has 3 aromatic rings. The molecule has 4 heterocycles. The lowest BCUT2D eigenvalue weighted by atomic mass is 9.96. The number of carbonyl (C=O) groups excluding carboxylic acids is 1. The Morgan fingerprint density at radius 1 is 1.28 bits per heavy atom. The van der Waals surface area contributed by atoms with Crippen LogP contribution in [0.25, 0.3) is 5.52 Å². The number of imidazole rings is 1. The van der Waals surface area contributed by atoms with Gasteiger partial charge >= 0.3 is 6.09 Å². The molecule has 2 aliphatic rings. The van der Waals surface area contributed by atoms with E-state index in [4.69, 9.17) is 15.5 Å². The van der Waals surface area contributed by atoms with Crippen LogP contribution in [0.2, 0.25) is 0 Å². The van der Waals surface area contributed by atoms with E-state index < -0.39 is 0 Å². The highest BCUT2D eigenvalue weighted by Gasteiger charge is 2.32. The molecule has 1 amide bonds. The molecule has 0 spiro atoms. The molecule has 8 heteroatoms. The molecular weight excluding hydrogens is 368 g/mol. The summed E-state index contributed by atoms with van der Waals surface area (Å²) >= 11 is 0. The van der Waals surface area contributed by atoms with Gasteiger partial charge in [0.05, 0.1) is 18.8 Å². The number of nitrogen functional groups attached to an aromatic ring is 1. The van der Waals surface area contributed by atoms with Gasteiger partial charge in [0, 0.05) is 43.5 Å². The number of hydrogen-bond acceptors (Lipinski definition) is 6. The molecule has 0 radical (unpaired) electrons. The third-order valence-corrected chi connectivity index (χ3v) is 6.03. The number of nitrogens with one attached hydrogen (secondary N) is 1. The summed E-state index contributed by atoms with van der Waals surface area (Å²) in [6, 6.07) is 8.41. The van der Waals surface area contributed by atoms with Crippen molar-refractivity contribution < 1.29 is 9.53 Å². The number of fused-ring (bicyclic) bond motifs is 2. The molecule has 2 aliphatic heterocycles. The molecule has 8 nitrogen and oxygen atoms in total. The average Bonchev–Trinajstić information content (AvgIpc) is 3.35. The standard InChI is InChI=1S/C21H24N6O2/c1-29-21(28)26-9-6-13(7-10-26)20-25-17(18-19(22)23-8-11-27(18)20)16-12-14-4-2-3-5-15(14)24-16/h2-5,8,11,13,16,24H,6-7,9-10,12H2,1H3,(H2,22,23). The van der Waals surface area contributed by atoms with Crippen molar-refractivity contribution in [3.63, 3.8) is 0 Å². The Kier molecular flexibility index (Phi) is 4.26. The van der Waals surface area contributed by atoms with E-state index >= 15 is 0 Å². The van der Waals surface area contributed by atoms with Crippen LogP contribution in [0, 0.1) is 0 Å². The molecule has 1 saturated heterocycles. The van der Waals surface area contributed by atoms with Crippen LogP contribution in [0.1, 0.15) is 41.9 Å². The zero-order chi connectivity index (χ0) is 20.0.